The molecule has 0 fully saturated rings. The molecule has 0 saturated heterocycles. The molecule has 0 aliphatic carbocycles. The van der Waals surface area contributed by atoms with Crippen molar-refractivity contribution in [1.29, 1.82) is 0 Å². The Labute approximate surface area is 114 Å². The van der Waals surface area contributed by atoms with Crippen LogP contribution in [-0.4, -0.2) is 13.0 Å². The second-order valence-electron chi connectivity index (χ2n) is 4.63. The van der Waals surface area contributed by atoms with Gasteiger partial charge in [-0.25, -0.2) is 0 Å². The van der Waals surface area contributed by atoms with Crippen LogP contribution in [0, 0.1) is 0 Å². The Kier molecular flexibility index (Phi) is 4.73. The van der Waals surface area contributed by atoms with Gasteiger partial charge in [-0.3, -0.25) is 4.79 Å². The molecule has 0 aliphatic rings. The Balaban J connectivity index is 1.82. The highest BCUT2D eigenvalue weighted by Gasteiger charge is 2.09. The summed E-state index contributed by atoms with van der Waals surface area (Å²) in [7, 11) is 1.83. The van der Waals surface area contributed by atoms with Crippen LogP contribution in [0.3, 0.4) is 0 Å². The van der Waals surface area contributed by atoms with Crippen molar-refractivity contribution < 1.29 is 4.79 Å². The fraction of sp³-hybridized carbons (Fsp3) is 0.235. The summed E-state index contributed by atoms with van der Waals surface area (Å²) < 4.78 is 0. The van der Waals surface area contributed by atoms with Crippen molar-refractivity contribution in [3.05, 3.63) is 66.2 Å². The quantitative estimate of drug-likeness (QED) is 0.796. The summed E-state index contributed by atoms with van der Waals surface area (Å²) in [5.74, 6) is 0.169. The van der Waals surface area contributed by atoms with Gasteiger partial charge in [-0.2, -0.15) is 0 Å². The van der Waals surface area contributed by atoms with Crippen LogP contribution in [0.1, 0.15) is 18.4 Å². The predicted octanol–water partition coefficient (Wildman–Crippen LogP) is 3.67. The van der Waals surface area contributed by atoms with E-state index in [1.807, 2.05) is 55.6 Å². The summed E-state index contributed by atoms with van der Waals surface area (Å²) in [4.78, 5) is 13.8. The number of hydrogen-bond acceptors (Lipinski definition) is 1. The van der Waals surface area contributed by atoms with Gasteiger partial charge in [0.1, 0.15) is 0 Å². The van der Waals surface area contributed by atoms with Crippen LogP contribution < -0.4 is 4.90 Å². The van der Waals surface area contributed by atoms with E-state index in [1.54, 1.807) is 4.90 Å². The minimum atomic E-state index is 0.169. The molecular formula is C17H19NO. The molecule has 0 N–H and O–H groups in total. The summed E-state index contributed by atoms with van der Waals surface area (Å²) >= 11 is 0. The van der Waals surface area contributed by atoms with Gasteiger partial charge < -0.3 is 4.90 Å². The minimum absolute atomic E-state index is 0.169. The van der Waals surface area contributed by atoms with E-state index in [0.717, 1.165) is 18.5 Å². The standard InChI is InChI=1S/C17H19NO/c1-18(16-12-6-3-7-13-16)17(19)14-8-11-15-9-4-2-5-10-15/h2-7,9-10,12-13H,8,11,14H2,1H3. The first-order chi connectivity index (χ1) is 9.27. The first-order valence-corrected chi connectivity index (χ1v) is 6.63. The van der Waals surface area contributed by atoms with Gasteiger partial charge in [-0.15, -0.1) is 0 Å². The van der Waals surface area contributed by atoms with Crippen LogP contribution in [0.5, 0.6) is 0 Å². The zero-order valence-electron chi connectivity index (χ0n) is 11.3. The third-order valence-corrected chi connectivity index (χ3v) is 3.22. The zero-order valence-corrected chi connectivity index (χ0v) is 11.3. The number of nitrogens with zero attached hydrogens (tertiary/aromatic N) is 1. The number of hydrogen-bond donors (Lipinski definition) is 0. The average molecular weight is 253 g/mol. The SMILES string of the molecule is CN(C(=O)CCCc1ccccc1)c1ccccc1. The first kappa shape index (κ1) is 13.3. The maximum atomic E-state index is 12.1. The molecule has 0 radical (unpaired) electrons. The largest absolute Gasteiger partial charge is 0.316 e. The third-order valence-electron chi connectivity index (χ3n) is 3.22. The summed E-state index contributed by atoms with van der Waals surface area (Å²) in [6.45, 7) is 0. The van der Waals surface area contributed by atoms with Crippen molar-refractivity contribution in [1.82, 2.24) is 0 Å². The van der Waals surface area contributed by atoms with Crippen molar-refractivity contribution in [3.63, 3.8) is 0 Å². The van der Waals surface area contributed by atoms with E-state index in [9.17, 15) is 4.79 Å². The van der Waals surface area contributed by atoms with Gasteiger partial charge in [0.25, 0.3) is 0 Å². The zero-order chi connectivity index (χ0) is 13.5. The molecule has 2 nitrogen and oxygen atoms in total. The van der Waals surface area contributed by atoms with Crippen LogP contribution in [0.4, 0.5) is 5.69 Å². The van der Waals surface area contributed by atoms with Crippen LogP contribution in [-0.2, 0) is 11.2 Å². The molecule has 0 atom stereocenters. The molecule has 2 heteroatoms. The van der Waals surface area contributed by atoms with E-state index >= 15 is 0 Å². The van der Waals surface area contributed by atoms with Crippen LogP contribution >= 0.6 is 0 Å². The van der Waals surface area contributed by atoms with E-state index in [-0.39, 0.29) is 5.91 Å². The molecule has 0 aromatic heterocycles. The number of carbonyl (C=O) groups excluding carboxylic acids is 1. The smallest absolute Gasteiger partial charge is 0.226 e. The lowest BCUT2D eigenvalue weighted by molar-refractivity contribution is -0.118. The van der Waals surface area contributed by atoms with Gasteiger partial charge >= 0.3 is 0 Å². The van der Waals surface area contributed by atoms with Crippen LogP contribution in [0.15, 0.2) is 60.7 Å². The first-order valence-electron chi connectivity index (χ1n) is 6.63. The highest BCUT2D eigenvalue weighted by atomic mass is 16.2. The molecule has 98 valence electrons. The molecule has 2 aromatic rings. The van der Waals surface area contributed by atoms with Gasteiger partial charge in [0.05, 0.1) is 0 Å². The molecule has 0 saturated carbocycles. The normalized spacial score (nSPS) is 10.2. The van der Waals surface area contributed by atoms with Gasteiger partial charge in [0, 0.05) is 19.2 Å². The number of rotatable bonds is 5. The molecular weight excluding hydrogens is 234 g/mol. The topological polar surface area (TPSA) is 20.3 Å². The maximum absolute atomic E-state index is 12.1. The van der Waals surface area contributed by atoms with Gasteiger partial charge in [0.2, 0.25) is 5.91 Å². The molecule has 2 rings (SSSR count). The van der Waals surface area contributed by atoms with Crippen molar-refractivity contribution in [2.75, 3.05) is 11.9 Å². The molecule has 0 heterocycles. The van der Waals surface area contributed by atoms with E-state index in [4.69, 9.17) is 0 Å². The molecule has 2 aromatic carbocycles. The number of benzene rings is 2. The Morgan fingerprint density at radius 1 is 0.947 bits per heavy atom. The molecule has 0 spiro atoms. The third kappa shape index (κ3) is 3.95. The van der Waals surface area contributed by atoms with E-state index < -0.39 is 0 Å². The number of anilines is 1. The Hall–Kier alpha value is -2.09. The monoisotopic (exact) mass is 253 g/mol. The highest BCUT2D eigenvalue weighted by Crippen LogP contribution is 2.13. The fourth-order valence-corrected chi connectivity index (χ4v) is 2.05. The Bertz CT molecular complexity index is 507. The Morgan fingerprint density at radius 2 is 1.53 bits per heavy atom. The summed E-state index contributed by atoms with van der Waals surface area (Å²) in [6, 6.07) is 20.0. The molecule has 0 aliphatic heterocycles. The van der Waals surface area contributed by atoms with Gasteiger partial charge in [-0.05, 0) is 30.5 Å². The lowest BCUT2D eigenvalue weighted by Crippen LogP contribution is -2.25. The van der Waals surface area contributed by atoms with E-state index in [1.165, 1.54) is 5.56 Å². The number of aryl methyl sites for hydroxylation is 1. The molecule has 0 bridgehead atoms. The number of carbonyl (C=O) groups is 1. The summed E-state index contributed by atoms with van der Waals surface area (Å²) in [6.07, 6.45) is 2.43. The van der Waals surface area contributed by atoms with Crippen molar-refractivity contribution in [2.45, 2.75) is 19.3 Å². The summed E-state index contributed by atoms with van der Waals surface area (Å²) in [5, 5.41) is 0. The van der Waals surface area contributed by atoms with E-state index in [0.29, 0.717) is 6.42 Å². The van der Waals surface area contributed by atoms with Crippen molar-refractivity contribution >= 4 is 11.6 Å². The lowest BCUT2D eigenvalue weighted by Gasteiger charge is -2.17. The second kappa shape index (κ2) is 6.74. The average Bonchev–Trinajstić information content (AvgIpc) is 2.48. The maximum Gasteiger partial charge on any atom is 0.226 e. The highest BCUT2D eigenvalue weighted by molar-refractivity contribution is 5.92. The van der Waals surface area contributed by atoms with Gasteiger partial charge in [-0.1, -0.05) is 48.5 Å². The lowest BCUT2D eigenvalue weighted by atomic mass is 10.1. The van der Waals surface area contributed by atoms with E-state index in [2.05, 4.69) is 12.1 Å². The van der Waals surface area contributed by atoms with Crippen molar-refractivity contribution in [3.8, 4) is 0 Å². The minimum Gasteiger partial charge on any atom is -0.316 e. The second-order valence-corrected chi connectivity index (χ2v) is 4.63. The number of para-hydroxylation sites is 1. The number of amides is 1. The molecule has 1 amide bonds. The van der Waals surface area contributed by atoms with Gasteiger partial charge in [0.15, 0.2) is 0 Å². The molecule has 19 heavy (non-hydrogen) atoms. The van der Waals surface area contributed by atoms with Crippen LogP contribution in [0.25, 0.3) is 0 Å². The molecule has 0 unspecified atom stereocenters. The van der Waals surface area contributed by atoms with Crippen molar-refractivity contribution in [2.24, 2.45) is 0 Å². The summed E-state index contributed by atoms with van der Waals surface area (Å²) in [5.41, 5.74) is 2.24. The predicted molar refractivity (Wildman–Crippen MR) is 79.2 cm³/mol. The van der Waals surface area contributed by atoms with Crippen LogP contribution in [0.2, 0.25) is 0 Å². The fourth-order valence-electron chi connectivity index (χ4n) is 2.05. The Morgan fingerprint density at radius 3 is 2.16 bits per heavy atom.